The van der Waals surface area contributed by atoms with E-state index >= 15 is 0 Å². The first-order valence-electron chi connectivity index (χ1n) is 10.7. The second-order valence-electron chi connectivity index (χ2n) is 7.97. The van der Waals surface area contributed by atoms with Crippen molar-refractivity contribution in [2.45, 2.75) is 6.54 Å². The number of carbonyl (C=O) groups excluding carboxylic acids is 1. The number of nitrogens with one attached hydrogen (secondary N) is 2. The van der Waals surface area contributed by atoms with E-state index in [1.807, 2.05) is 42.5 Å². The fraction of sp³-hybridized carbons (Fsp3) is 0.192. The SMILES string of the molecule is COc1cccc(Oc2ccc(NC(=O)Nc3ccc4c(ccn4CCN(C)C)c3)cc2)c1. The number of aromatic nitrogens is 1. The third-order valence-corrected chi connectivity index (χ3v) is 5.21. The van der Waals surface area contributed by atoms with E-state index in [0.29, 0.717) is 17.2 Å². The highest BCUT2D eigenvalue weighted by molar-refractivity contribution is 6.01. The van der Waals surface area contributed by atoms with E-state index < -0.39 is 0 Å². The van der Waals surface area contributed by atoms with Gasteiger partial charge in [0.1, 0.15) is 17.2 Å². The molecule has 4 rings (SSSR count). The molecular weight excluding hydrogens is 416 g/mol. The molecule has 33 heavy (non-hydrogen) atoms. The molecule has 0 spiro atoms. The Morgan fingerprint density at radius 1 is 0.879 bits per heavy atom. The number of hydrogen-bond acceptors (Lipinski definition) is 4. The molecule has 170 valence electrons. The van der Waals surface area contributed by atoms with Crippen LogP contribution in [0.2, 0.25) is 0 Å². The fourth-order valence-electron chi connectivity index (χ4n) is 3.48. The van der Waals surface area contributed by atoms with Crippen molar-refractivity contribution >= 4 is 28.3 Å². The van der Waals surface area contributed by atoms with Crippen molar-refractivity contribution in [2.75, 3.05) is 38.4 Å². The van der Waals surface area contributed by atoms with Crippen molar-refractivity contribution in [3.8, 4) is 17.2 Å². The molecule has 2 N–H and O–H groups in total. The molecule has 0 aliphatic carbocycles. The molecule has 4 aromatic rings. The number of rotatable bonds is 8. The molecule has 0 aliphatic heterocycles. The topological polar surface area (TPSA) is 67.8 Å². The molecule has 0 bridgehead atoms. The van der Waals surface area contributed by atoms with Gasteiger partial charge in [-0.1, -0.05) is 6.07 Å². The van der Waals surface area contributed by atoms with E-state index in [-0.39, 0.29) is 6.03 Å². The van der Waals surface area contributed by atoms with Crippen molar-refractivity contribution < 1.29 is 14.3 Å². The number of methoxy groups -OCH3 is 1. The van der Waals surface area contributed by atoms with Crippen molar-refractivity contribution in [3.05, 3.63) is 79.0 Å². The van der Waals surface area contributed by atoms with Crippen LogP contribution in [0.3, 0.4) is 0 Å². The number of amides is 2. The molecule has 0 aliphatic rings. The highest BCUT2D eigenvalue weighted by Gasteiger charge is 2.07. The maximum atomic E-state index is 12.5. The van der Waals surface area contributed by atoms with Crippen LogP contribution < -0.4 is 20.1 Å². The second-order valence-corrected chi connectivity index (χ2v) is 7.97. The molecule has 3 aromatic carbocycles. The Kier molecular flexibility index (Phi) is 6.80. The zero-order chi connectivity index (χ0) is 23.2. The van der Waals surface area contributed by atoms with Crippen LogP contribution in [0.15, 0.2) is 79.0 Å². The third-order valence-electron chi connectivity index (χ3n) is 5.21. The Hall–Kier alpha value is -3.97. The Balaban J connectivity index is 1.35. The van der Waals surface area contributed by atoms with Crippen molar-refractivity contribution in [2.24, 2.45) is 0 Å². The predicted octanol–water partition coefficient (Wildman–Crippen LogP) is 5.65. The first-order valence-corrected chi connectivity index (χ1v) is 10.7. The van der Waals surface area contributed by atoms with E-state index in [1.165, 1.54) is 0 Å². The van der Waals surface area contributed by atoms with Crippen LogP contribution in [0.25, 0.3) is 10.9 Å². The molecule has 0 fully saturated rings. The quantitative estimate of drug-likeness (QED) is 0.369. The maximum absolute atomic E-state index is 12.5. The highest BCUT2D eigenvalue weighted by atomic mass is 16.5. The van der Waals surface area contributed by atoms with Crippen LogP contribution in [0.4, 0.5) is 16.2 Å². The predicted molar refractivity (Wildman–Crippen MR) is 133 cm³/mol. The summed E-state index contributed by atoms with van der Waals surface area (Å²) >= 11 is 0. The lowest BCUT2D eigenvalue weighted by molar-refractivity contribution is 0.262. The summed E-state index contributed by atoms with van der Waals surface area (Å²) in [5, 5.41) is 6.83. The van der Waals surface area contributed by atoms with E-state index in [4.69, 9.17) is 9.47 Å². The minimum Gasteiger partial charge on any atom is -0.497 e. The first kappa shape index (κ1) is 22.2. The van der Waals surface area contributed by atoms with Gasteiger partial charge >= 0.3 is 6.03 Å². The summed E-state index contributed by atoms with van der Waals surface area (Å²) in [4.78, 5) is 14.6. The zero-order valence-corrected chi connectivity index (χ0v) is 19.0. The second kappa shape index (κ2) is 10.1. The van der Waals surface area contributed by atoms with Gasteiger partial charge in [-0.15, -0.1) is 0 Å². The van der Waals surface area contributed by atoms with Gasteiger partial charge in [-0.3, -0.25) is 0 Å². The van der Waals surface area contributed by atoms with Gasteiger partial charge in [0.05, 0.1) is 7.11 Å². The van der Waals surface area contributed by atoms with Gasteiger partial charge in [0.15, 0.2) is 0 Å². The Labute approximate surface area is 193 Å². The maximum Gasteiger partial charge on any atom is 0.323 e. The van der Waals surface area contributed by atoms with Gasteiger partial charge in [0.2, 0.25) is 0 Å². The van der Waals surface area contributed by atoms with E-state index in [0.717, 1.165) is 35.4 Å². The van der Waals surface area contributed by atoms with E-state index in [1.54, 1.807) is 31.4 Å². The summed E-state index contributed by atoms with van der Waals surface area (Å²) in [6.07, 6.45) is 2.08. The lowest BCUT2D eigenvalue weighted by atomic mass is 10.2. The van der Waals surface area contributed by atoms with Gasteiger partial charge in [-0.2, -0.15) is 0 Å². The molecule has 7 heteroatoms. The number of benzene rings is 3. The molecule has 0 unspecified atom stereocenters. The largest absolute Gasteiger partial charge is 0.497 e. The molecule has 0 atom stereocenters. The average Bonchev–Trinajstić information content (AvgIpc) is 3.21. The number of likely N-dealkylation sites (N-methyl/N-ethyl adjacent to an activating group) is 1. The van der Waals surface area contributed by atoms with Crippen LogP contribution in [0.5, 0.6) is 17.2 Å². The van der Waals surface area contributed by atoms with Crippen LogP contribution in [-0.2, 0) is 6.54 Å². The molecule has 7 nitrogen and oxygen atoms in total. The Morgan fingerprint density at radius 3 is 2.36 bits per heavy atom. The van der Waals surface area contributed by atoms with E-state index in [2.05, 4.69) is 46.5 Å². The van der Waals surface area contributed by atoms with Gasteiger partial charge in [-0.25, -0.2) is 4.79 Å². The summed E-state index contributed by atoms with van der Waals surface area (Å²) in [6, 6.07) is 22.3. The number of nitrogens with zero attached hydrogens (tertiary/aromatic N) is 2. The molecule has 1 aromatic heterocycles. The third kappa shape index (κ3) is 5.84. The summed E-state index contributed by atoms with van der Waals surface area (Å²) in [6.45, 7) is 1.89. The lowest BCUT2D eigenvalue weighted by Gasteiger charge is -2.12. The van der Waals surface area contributed by atoms with Gasteiger partial charge in [0, 0.05) is 47.6 Å². The number of ether oxygens (including phenoxy) is 2. The monoisotopic (exact) mass is 444 g/mol. The normalized spacial score (nSPS) is 10.9. The summed E-state index contributed by atoms with van der Waals surface area (Å²) in [7, 11) is 5.74. The molecule has 0 saturated carbocycles. The van der Waals surface area contributed by atoms with Crippen molar-refractivity contribution in [1.82, 2.24) is 9.47 Å². The summed E-state index contributed by atoms with van der Waals surface area (Å²) < 4.78 is 13.3. The number of fused-ring (bicyclic) bond motifs is 1. The zero-order valence-electron chi connectivity index (χ0n) is 19.0. The van der Waals surface area contributed by atoms with Gasteiger partial charge < -0.3 is 29.6 Å². The molecule has 0 saturated heterocycles. The molecular formula is C26H28N4O3. The highest BCUT2D eigenvalue weighted by Crippen LogP contribution is 2.26. The van der Waals surface area contributed by atoms with Gasteiger partial charge in [-0.05, 0) is 74.8 Å². The van der Waals surface area contributed by atoms with E-state index in [9.17, 15) is 4.79 Å². The molecule has 1 heterocycles. The van der Waals surface area contributed by atoms with Crippen LogP contribution in [0, 0.1) is 0 Å². The van der Waals surface area contributed by atoms with Crippen molar-refractivity contribution in [3.63, 3.8) is 0 Å². The number of hydrogen-bond donors (Lipinski definition) is 2. The fourth-order valence-corrected chi connectivity index (χ4v) is 3.48. The number of urea groups is 1. The van der Waals surface area contributed by atoms with Gasteiger partial charge in [0.25, 0.3) is 0 Å². The minimum absolute atomic E-state index is 0.303. The van der Waals surface area contributed by atoms with Crippen molar-refractivity contribution in [1.29, 1.82) is 0 Å². The number of anilines is 2. The van der Waals surface area contributed by atoms with Crippen LogP contribution in [0.1, 0.15) is 0 Å². The first-order chi connectivity index (χ1) is 16.0. The smallest absolute Gasteiger partial charge is 0.323 e. The lowest BCUT2D eigenvalue weighted by Crippen LogP contribution is -2.19. The van der Waals surface area contributed by atoms with Crippen LogP contribution in [-0.4, -0.2) is 43.2 Å². The minimum atomic E-state index is -0.303. The summed E-state index contributed by atoms with van der Waals surface area (Å²) in [5.41, 5.74) is 2.55. The Morgan fingerprint density at radius 2 is 1.61 bits per heavy atom. The van der Waals surface area contributed by atoms with Crippen LogP contribution >= 0.6 is 0 Å². The molecule has 2 amide bonds. The Bertz CT molecular complexity index is 1230. The summed E-state index contributed by atoms with van der Waals surface area (Å²) in [5.74, 6) is 2.07. The average molecular weight is 445 g/mol. The molecule has 0 radical (unpaired) electrons. The standard InChI is InChI=1S/C26H28N4O3/c1-29(2)15-16-30-14-13-19-17-21(9-12-25(19)30)28-26(31)27-20-7-10-22(11-8-20)33-24-6-4-5-23(18-24)32-3/h4-14,17-18H,15-16H2,1-3H3,(H2,27,28,31). The number of carbonyl (C=O) groups is 1.